The van der Waals surface area contributed by atoms with E-state index in [1.165, 1.54) is 4.90 Å². The molecule has 1 atom stereocenters. The minimum atomic E-state index is -0.319. The highest BCUT2D eigenvalue weighted by Gasteiger charge is 2.33. The van der Waals surface area contributed by atoms with Crippen LogP contribution in [-0.2, 0) is 4.79 Å². The highest BCUT2D eigenvalue weighted by Crippen LogP contribution is 2.39. The number of hydrogen-bond donors (Lipinski definition) is 0. The Labute approximate surface area is 122 Å². The molecule has 1 aliphatic rings. The van der Waals surface area contributed by atoms with Crippen LogP contribution in [0.15, 0.2) is 6.07 Å². The molecule has 96 valence electrons. The lowest BCUT2D eigenvalue weighted by Gasteiger charge is -2.17. The van der Waals surface area contributed by atoms with Crippen LogP contribution in [0.3, 0.4) is 0 Å². The number of halogens is 2. The molecule has 1 fully saturated rings. The first-order valence-electron chi connectivity index (χ1n) is 5.42. The molecule has 19 heavy (non-hydrogen) atoms. The van der Waals surface area contributed by atoms with Gasteiger partial charge in [-0.3, -0.25) is 4.79 Å². The van der Waals surface area contributed by atoms with Gasteiger partial charge in [0.2, 0.25) is 5.91 Å². The summed E-state index contributed by atoms with van der Waals surface area (Å²) in [5, 5.41) is 9.67. The molecule has 1 amide bonds. The van der Waals surface area contributed by atoms with Gasteiger partial charge in [0.15, 0.2) is 0 Å². The van der Waals surface area contributed by atoms with Gasteiger partial charge in [0.05, 0.1) is 39.4 Å². The summed E-state index contributed by atoms with van der Waals surface area (Å²) >= 11 is 13.2. The van der Waals surface area contributed by atoms with Gasteiger partial charge in [-0.25, -0.2) is 0 Å². The number of fused-ring (bicyclic) bond motifs is 1. The molecule has 0 aliphatic carbocycles. The molecule has 0 saturated carbocycles. The molecule has 1 aromatic carbocycles. The van der Waals surface area contributed by atoms with E-state index in [4.69, 9.17) is 28.5 Å². The van der Waals surface area contributed by atoms with E-state index in [2.05, 4.69) is 14.8 Å². The number of aromatic nitrogens is 2. The number of carbonyl (C=O) groups is 1. The monoisotopic (exact) mass is 312 g/mol. The number of carbonyl (C=O) groups excluding carboxylic acids is 1. The molecule has 1 saturated heterocycles. The van der Waals surface area contributed by atoms with Crippen molar-refractivity contribution in [2.45, 2.75) is 6.42 Å². The quantitative estimate of drug-likeness (QED) is 0.811. The number of nitriles is 1. The molecule has 0 N–H and O–H groups in total. The van der Waals surface area contributed by atoms with Crippen molar-refractivity contribution in [3.63, 3.8) is 0 Å². The fourth-order valence-electron chi connectivity index (χ4n) is 2.13. The molecule has 0 bridgehead atoms. The van der Waals surface area contributed by atoms with Gasteiger partial charge < -0.3 is 4.90 Å². The number of nitrogens with zero attached hydrogens (tertiary/aromatic N) is 4. The van der Waals surface area contributed by atoms with Crippen molar-refractivity contribution in [1.82, 2.24) is 8.75 Å². The smallest absolute Gasteiger partial charge is 0.228 e. The summed E-state index contributed by atoms with van der Waals surface area (Å²) in [6.45, 7) is 0.323. The zero-order chi connectivity index (χ0) is 13.6. The Kier molecular flexibility index (Phi) is 3.05. The van der Waals surface area contributed by atoms with Gasteiger partial charge >= 0.3 is 0 Å². The van der Waals surface area contributed by atoms with Crippen LogP contribution in [0.5, 0.6) is 0 Å². The first kappa shape index (κ1) is 12.6. The van der Waals surface area contributed by atoms with Crippen LogP contribution < -0.4 is 4.90 Å². The predicted octanol–water partition coefficient (Wildman–Crippen LogP) is 2.87. The molecule has 2 heterocycles. The van der Waals surface area contributed by atoms with Gasteiger partial charge in [-0.15, -0.1) is 0 Å². The molecule has 3 rings (SSSR count). The number of anilines is 1. The van der Waals surface area contributed by atoms with Crippen LogP contribution in [0.2, 0.25) is 10.0 Å². The predicted molar refractivity (Wildman–Crippen MR) is 73.5 cm³/mol. The summed E-state index contributed by atoms with van der Waals surface area (Å²) in [6, 6.07) is 3.65. The maximum Gasteiger partial charge on any atom is 0.228 e. The van der Waals surface area contributed by atoms with Crippen LogP contribution in [0.25, 0.3) is 11.0 Å². The fraction of sp³-hybridized carbons (Fsp3) is 0.273. The molecule has 2 aromatic rings. The first-order valence-corrected chi connectivity index (χ1v) is 6.90. The molecule has 0 radical (unpaired) electrons. The summed E-state index contributed by atoms with van der Waals surface area (Å²) in [6.07, 6.45) is 0.203. The topological polar surface area (TPSA) is 69.9 Å². The minimum Gasteiger partial charge on any atom is -0.308 e. The second kappa shape index (κ2) is 4.60. The minimum absolute atomic E-state index is 0.134. The average Bonchev–Trinajstić information content (AvgIpc) is 2.97. The van der Waals surface area contributed by atoms with Crippen molar-refractivity contribution in [2.75, 3.05) is 11.4 Å². The number of amides is 1. The lowest BCUT2D eigenvalue weighted by molar-refractivity contribution is -0.117. The van der Waals surface area contributed by atoms with Crippen LogP contribution >= 0.6 is 34.9 Å². The fourth-order valence-corrected chi connectivity index (χ4v) is 3.34. The van der Waals surface area contributed by atoms with Crippen LogP contribution in [0, 0.1) is 17.2 Å². The summed E-state index contributed by atoms with van der Waals surface area (Å²) in [4.78, 5) is 13.5. The summed E-state index contributed by atoms with van der Waals surface area (Å²) in [7, 11) is 0. The Hall–Kier alpha value is -1.42. The molecule has 1 aromatic heterocycles. The van der Waals surface area contributed by atoms with Crippen LogP contribution in [-0.4, -0.2) is 21.2 Å². The van der Waals surface area contributed by atoms with E-state index >= 15 is 0 Å². The number of rotatable bonds is 1. The standard InChI is InChI=1S/C11H6Cl2N4OS/c12-6-2-7(13)11(10-9(6)15-19-16-10)17-4-5(3-14)1-8(17)18/h2,5H,1,4H2. The van der Waals surface area contributed by atoms with E-state index < -0.39 is 0 Å². The lowest BCUT2D eigenvalue weighted by Crippen LogP contribution is -2.25. The molecule has 5 nitrogen and oxygen atoms in total. The second-order valence-electron chi connectivity index (χ2n) is 4.18. The summed E-state index contributed by atoms with van der Waals surface area (Å²) in [5.41, 5.74) is 1.53. The van der Waals surface area contributed by atoms with Gasteiger partial charge in [-0.05, 0) is 6.07 Å². The van der Waals surface area contributed by atoms with Crippen molar-refractivity contribution < 1.29 is 4.79 Å². The third-order valence-electron chi connectivity index (χ3n) is 3.00. The van der Waals surface area contributed by atoms with Crippen molar-refractivity contribution in [3.05, 3.63) is 16.1 Å². The van der Waals surface area contributed by atoms with Gasteiger partial charge in [0, 0.05) is 13.0 Å². The Balaban J connectivity index is 2.18. The molecule has 1 aliphatic heterocycles. The Morgan fingerprint density at radius 2 is 2.11 bits per heavy atom. The molecule has 8 heteroatoms. The van der Waals surface area contributed by atoms with E-state index in [0.717, 1.165) is 11.7 Å². The largest absolute Gasteiger partial charge is 0.308 e. The molecule has 0 spiro atoms. The van der Waals surface area contributed by atoms with Crippen LogP contribution in [0.1, 0.15) is 6.42 Å². The van der Waals surface area contributed by atoms with Crippen LogP contribution in [0.4, 0.5) is 5.69 Å². The van der Waals surface area contributed by atoms with Gasteiger partial charge in [-0.1, -0.05) is 23.2 Å². The van der Waals surface area contributed by atoms with Crippen molar-refractivity contribution in [1.29, 1.82) is 5.26 Å². The Bertz CT molecular complexity index is 723. The number of benzene rings is 1. The maximum absolute atomic E-state index is 12.0. The van der Waals surface area contributed by atoms with Crippen molar-refractivity contribution >= 4 is 57.6 Å². The summed E-state index contributed by atoms with van der Waals surface area (Å²) < 4.78 is 8.25. The lowest BCUT2D eigenvalue weighted by atomic mass is 10.1. The zero-order valence-corrected chi connectivity index (χ0v) is 11.8. The van der Waals surface area contributed by atoms with E-state index in [-0.39, 0.29) is 18.2 Å². The normalized spacial score (nSPS) is 19.1. The van der Waals surface area contributed by atoms with Gasteiger partial charge in [0.1, 0.15) is 11.0 Å². The number of hydrogen-bond acceptors (Lipinski definition) is 5. The first-order chi connectivity index (χ1) is 9.11. The van der Waals surface area contributed by atoms with Gasteiger partial charge in [-0.2, -0.15) is 14.0 Å². The van der Waals surface area contributed by atoms with E-state index in [0.29, 0.717) is 33.3 Å². The van der Waals surface area contributed by atoms with Crippen molar-refractivity contribution in [3.8, 4) is 6.07 Å². The van der Waals surface area contributed by atoms with E-state index in [1.54, 1.807) is 6.07 Å². The highest BCUT2D eigenvalue weighted by atomic mass is 35.5. The SMILES string of the molecule is N#CC1CC(=O)N(c2c(Cl)cc(Cl)c3nsnc23)C1. The molecule has 1 unspecified atom stereocenters. The van der Waals surface area contributed by atoms with E-state index in [9.17, 15) is 4.79 Å². The third-order valence-corrected chi connectivity index (χ3v) is 4.10. The highest BCUT2D eigenvalue weighted by molar-refractivity contribution is 7.00. The van der Waals surface area contributed by atoms with E-state index in [1.807, 2.05) is 0 Å². The van der Waals surface area contributed by atoms with Crippen molar-refractivity contribution in [2.24, 2.45) is 5.92 Å². The Morgan fingerprint density at radius 1 is 1.37 bits per heavy atom. The average molecular weight is 313 g/mol. The molecular weight excluding hydrogens is 307 g/mol. The second-order valence-corrected chi connectivity index (χ2v) is 5.53. The third kappa shape index (κ3) is 1.94. The zero-order valence-electron chi connectivity index (χ0n) is 9.43. The maximum atomic E-state index is 12.0. The van der Waals surface area contributed by atoms with Gasteiger partial charge in [0.25, 0.3) is 0 Å². The molecular formula is C11H6Cl2N4OS. The summed E-state index contributed by atoms with van der Waals surface area (Å²) in [5.74, 6) is -0.453. The Morgan fingerprint density at radius 3 is 2.79 bits per heavy atom.